The SMILES string of the molecule is O=S(=O)(O)C(F)(F)C(F)(F)C(F)(F)S(=O)(=O)CC(C1CCCCC1)(C1CCCCC1)C1CCCCC1. The summed E-state index contributed by atoms with van der Waals surface area (Å²) in [5.41, 5.74) is -1.28. The molecule has 0 saturated heterocycles. The molecule has 212 valence electrons. The van der Waals surface area contributed by atoms with Gasteiger partial charge in [0.1, 0.15) is 0 Å². The van der Waals surface area contributed by atoms with Crippen LogP contribution in [0.5, 0.6) is 0 Å². The Morgan fingerprint density at radius 1 is 0.556 bits per heavy atom. The van der Waals surface area contributed by atoms with E-state index >= 15 is 8.78 Å². The van der Waals surface area contributed by atoms with Crippen LogP contribution in [0.4, 0.5) is 26.3 Å². The van der Waals surface area contributed by atoms with Crippen LogP contribution in [0, 0.1) is 23.2 Å². The zero-order valence-electron chi connectivity index (χ0n) is 20.2. The van der Waals surface area contributed by atoms with Crippen molar-refractivity contribution in [2.45, 2.75) is 113 Å². The first-order valence-electron chi connectivity index (χ1n) is 12.8. The van der Waals surface area contributed by atoms with E-state index < -0.39 is 47.6 Å². The number of alkyl halides is 6. The van der Waals surface area contributed by atoms with Crippen LogP contribution >= 0.6 is 0 Å². The molecule has 0 unspecified atom stereocenters. The second-order valence-corrected chi connectivity index (χ2v) is 14.5. The fraction of sp³-hybridized carbons (Fsp3) is 1.00. The van der Waals surface area contributed by atoms with Crippen molar-refractivity contribution in [2.75, 3.05) is 5.75 Å². The minimum absolute atomic E-state index is 0.335. The number of sulfone groups is 1. The second-order valence-electron chi connectivity index (χ2n) is 11.0. The van der Waals surface area contributed by atoms with Gasteiger partial charge in [0.25, 0.3) is 0 Å². The lowest BCUT2D eigenvalue weighted by atomic mass is 9.52. The van der Waals surface area contributed by atoms with E-state index in [0.717, 1.165) is 57.8 Å². The average Bonchev–Trinajstić information content (AvgIpc) is 2.83. The number of hydrogen-bond donors (Lipinski definition) is 1. The average molecular weight is 571 g/mol. The molecular weight excluding hydrogens is 534 g/mol. The van der Waals surface area contributed by atoms with Gasteiger partial charge in [0.05, 0.1) is 5.75 Å². The standard InChI is InChI=1S/C23H36F6O5S2/c24-21(25,23(28,29)36(32,33)34)22(26,27)35(30,31)16-20(17-10-4-1-5-11-17,18-12-6-2-7-13-18)19-14-8-3-9-15-19/h17-19H,1-16H2,(H,32,33,34). The monoisotopic (exact) mass is 570 g/mol. The minimum atomic E-state index is -7.04. The van der Waals surface area contributed by atoms with Gasteiger partial charge >= 0.3 is 26.5 Å². The Morgan fingerprint density at radius 2 is 0.861 bits per heavy atom. The summed E-state index contributed by atoms with van der Waals surface area (Å²) in [4.78, 5) is 0. The van der Waals surface area contributed by atoms with E-state index in [1.165, 1.54) is 0 Å². The Morgan fingerprint density at radius 3 is 1.14 bits per heavy atom. The number of hydrogen-bond acceptors (Lipinski definition) is 4. The van der Waals surface area contributed by atoms with Gasteiger partial charge in [-0.3, -0.25) is 4.55 Å². The Kier molecular flexibility index (Phi) is 8.78. The van der Waals surface area contributed by atoms with E-state index in [1.54, 1.807) is 0 Å². The van der Waals surface area contributed by atoms with Crippen LogP contribution in [0.3, 0.4) is 0 Å². The maximum absolute atomic E-state index is 15.0. The normalized spacial score (nSPS) is 23.6. The van der Waals surface area contributed by atoms with Crippen LogP contribution in [-0.2, 0) is 20.0 Å². The predicted octanol–water partition coefficient (Wildman–Crippen LogP) is 6.84. The van der Waals surface area contributed by atoms with E-state index in [0.29, 0.717) is 38.5 Å². The first-order chi connectivity index (χ1) is 16.5. The molecule has 3 aliphatic rings. The van der Waals surface area contributed by atoms with Gasteiger partial charge in [0, 0.05) is 0 Å². The topological polar surface area (TPSA) is 88.5 Å². The Balaban J connectivity index is 2.14. The molecule has 3 saturated carbocycles. The van der Waals surface area contributed by atoms with Crippen LogP contribution in [0.2, 0.25) is 0 Å². The molecule has 0 heterocycles. The molecule has 0 spiro atoms. The quantitative estimate of drug-likeness (QED) is 0.242. The third-order valence-corrected chi connectivity index (χ3v) is 11.8. The highest BCUT2D eigenvalue weighted by atomic mass is 32.2. The smallest absolute Gasteiger partial charge is 0.281 e. The zero-order valence-corrected chi connectivity index (χ0v) is 21.8. The van der Waals surface area contributed by atoms with Crippen molar-refractivity contribution in [2.24, 2.45) is 23.2 Å². The second kappa shape index (κ2) is 10.5. The number of halogens is 6. The maximum Gasteiger partial charge on any atom is 0.439 e. The molecule has 0 radical (unpaired) electrons. The van der Waals surface area contributed by atoms with Gasteiger partial charge in [-0.1, -0.05) is 57.8 Å². The molecule has 0 amide bonds. The van der Waals surface area contributed by atoms with E-state index in [2.05, 4.69) is 0 Å². The highest BCUT2D eigenvalue weighted by molar-refractivity contribution is 7.92. The van der Waals surface area contributed by atoms with Crippen molar-refractivity contribution in [1.29, 1.82) is 0 Å². The van der Waals surface area contributed by atoms with Crippen molar-refractivity contribution in [3.05, 3.63) is 0 Å². The summed E-state index contributed by atoms with van der Waals surface area (Å²) in [6.45, 7) is 0. The van der Waals surface area contributed by atoms with Crippen LogP contribution in [0.25, 0.3) is 0 Å². The molecule has 13 heteroatoms. The van der Waals surface area contributed by atoms with Gasteiger partial charge in [0.15, 0.2) is 0 Å². The van der Waals surface area contributed by atoms with E-state index in [-0.39, 0.29) is 17.8 Å². The lowest BCUT2D eigenvalue weighted by Crippen LogP contribution is -2.63. The van der Waals surface area contributed by atoms with Crippen molar-refractivity contribution < 1.29 is 47.7 Å². The van der Waals surface area contributed by atoms with Crippen molar-refractivity contribution in [1.82, 2.24) is 0 Å². The molecule has 0 aromatic rings. The van der Waals surface area contributed by atoms with Crippen molar-refractivity contribution in [3.63, 3.8) is 0 Å². The van der Waals surface area contributed by atoms with Crippen molar-refractivity contribution >= 4 is 20.0 Å². The van der Waals surface area contributed by atoms with E-state index in [1.807, 2.05) is 0 Å². The fourth-order valence-corrected chi connectivity index (χ4v) is 9.80. The van der Waals surface area contributed by atoms with E-state index in [4.69, 9.17) is 4.55 Å². The molecule has 0 aliphatic heterocycles. The summed E-state index contributed by atoms with van der Waals surface area (Å²) in [6, 6.07) is 0. The lowest BCUT2D eigenvalue weighted by Gasteiger charge is -2.55. The third-order valence-electron chi connectivity index (χ3n) is 8.98. The third kappa shape index (κ3) is 5.05. The first-order valence-corrected chi connectivity index (χ1v) is 15.9. The van der Waals surface area contributed by atoms with Gasteiger partial charge in [-0.15, -0.1) is 0 Å². The maximum atomic E-state index is 15.0. The molecule has 1 N–H and O–H groups in total. The zero-order chi connectivity index (χ0) is 27.0. The first kappa shape index (κ1) is 30.0. The molecule has 3 fully saturated rings. The Labute approximate surface area is 209 Å². The summed E-state index contributed by atoms with van der Waals surface area (Å²) >= 11 is 0. The van der Waals surface area contributed by atoms with Gasteiger partial charge < -0.3 is 0 Å². The van der Waals surface area contributed by atoms with E-state index in [9.17, 15) is 34.4 Å². The van der Waals surface area contributed by atoms with Gasteiger partial charge in [-0.2, -0.15) is 34.8 Å². The summed E-state index contributed by atoms with van der Waals surface area (Å²) in [6.07, 6.45) is 10.3. The molecule has 3 rings (SSSR count). The Bertz CT molecular complexity index is 919. The molecule has 0 atom stereocenters. The van der Waals surface area contributed by atoms with Crippen LogP contribution in [0.15, 0.2) is 0 Å². The van der Waals surface area contributed by atoms with Crippen LogP contribution < -0.4 is 0 Å². The summed E-state index contributed by atoms with van der Waals surface area (Å²) in [7, 11) is -13.3. The summed E-state index contributed by atoms with van der Waals surface area (Å²) in [5, 5.41) is -13.1. The molecule has 0 aromatic carbocycles. The molecule has 0 aromatic heterocycles. The predicted molar refractivity (Wildman–Crippen MR) is 122 cm³/mol. The van der Waals surface area contributed by atoms with Crippen LogP contribution in [-0.4, -0.2) is 43.6 Å². The van der Waals surface area contributed by atoms with Crippen molar-refractivity contribution in [3.8, 4) is 0 Å². The highest BCUT2D eigenvalue weighted by Crippen LogP contribution is 2.59. The molecule has 0 bridgehead atoms. The largest absolute Gasteiger partial charge is 0.439 e. The van der Waals surface area contributed by atoms with Gasteiger partial charge in [-0.25, -0.2) is 8.42 Å². The molecule has 3 aliphatic carbocycles. The molecule has 36 heavy (non-hydrogen) atoms. The lowest BCUT2D eigenvalue weighted by molar-refractivity contribution is -0.246. The molecule has 5 nitrogen and oxygen atoms in total. The van der Waals surface area contributed by atoms with Gasteiger partial charge in [0.2, 0.25) is 9.84 Å². The highest BCUT2D eigenvalue weighted by Gasteiger charge is 2.82. The Hall–Kier alpha value is -0.560. The molecular formula is C23H36F6O5S2. The van der Waals surface area contributed by atoms with Crippen LogP contribution in [0.1, 0.15) is 96.3 Å². The summed E-state index contributed by atoms with van der Waals surface area (Å²) < 4.78 is 144. The fourth-order valence-electron chi connectivity index (χ4n) is 7.22. The minimum Gasteiger partial charge on any atom is -0.281 e. The number of rotatable bonds is 9. The summed E-state index contributed by atoms with van der Waals surface area (Å²) in [5.74, 6) is -9.27. The van der Waals surface area contributed by atoms with Gasteiger partial charge in [-0.05, 0) is 61.7 Å².